The van der Waals surface area contributed by atoms with Gasteiger partial charge in [-0.15, -0.1) is 0 Å². The van der Waals surface area contributed by atoms with E-state index in [9.17, 15) is 22.4 Å². The van der Waals surface area contributed by atoms with Crippen molar-refractivity contribution in [2.75, 3.05) is 0 Å². The third kappa shape index (κ3) is 3.19. The Bertz CT molecular complexity index is 855. The van der Waals surface area contributed by atoms with Crippen molar-refractivity contribution in [1.82, 2.24) is 0 Å². The second-order valence-electron chi connectivity index (χ2n) is 4.94. The molecule has 1 aliphatic heterocycles. The Balaban J connectivity index is 1.97. The zero-order valence-electron chi connectivity index (χ0n) is 12.0. The van der Waals surface area contributed by atoms with Gasteiger partial charge in [-0.3, -0.25) is 0 Å². The SMILES string of the molecule is O=C1OC(c2ccccc2)=NC1=Cc1ccc(F)c(C(F)(F)F)c1. The number of esters is 1. The van der Waals surface area contributed by atoms with Crippen LogP contribution in [0.5, 0.6) is 0 Å². The maximum absolute atomic E-state index is 13.3. The van der Waals surface area contributed by atoms with Crippen LogP contribution in [0.1, 0.15) is 16.7 Å². The number of cyclic esters (lactones) is 1. The van der Waals surface area contributed by atoms with Gasteiger partial charge in [0, 0.05) is 5.56 Å². The first-order valence-electron chi connectivity index (χ1n) is 6.79. The Kier molecular flexibility index (Phi) is 3.92. The molecule has 3 rings (SSSR count). The quantitative estimate of drug-likeness (QED) is 0.469. The third-order valence-electron chi connectivity index (χ3n) is 3.24. The molecular weight excluding hydrogens is 326 g/mol. The van der Waals surface area contributed by atoms with E-state index in [4.69, 9.17) is 4.74 Å². The minimum atomic E-state index is -4.83. The molecule has 0 atom stereocenters. The maximum Gasteiger partial charge on any atom is 0.419 e. The number of aliphatic imine (C=N–C) groups is 1. The fourth-order valence-corrected chi connectivity index (χ4v) is 2.12. The van der Waals surface area contributed by atoms with Crippen molar-refractivity contribution in [3.05, 3.63) is 76.7 Å². The summed E-state index contributed by atoms with van der Waals surface area (Å²) < 4.78 is 56.4. The first kappa shape index (κ1) is 15.9. The van der Waals surface area contributed by atoms with Crippen LogP contribution in [0.2, 0.25) is 0 Å². The molecule has 1 heterocycles. The summed E-state index contributed by atoms with van der Waals surface area (Å²) in [7, 11) is 0. The number of hydrogen-bond donors (Lipinski definition) is 0. The molecule has 7 heteroatoms. The van der Waals surface area contributed by atoms with Crippen LogP contribution in [0.15, 0.2) is 59.2 Å². The highest BCUT2D eigenvalue weighted by molar-refractivity contribution is 6.12. The number of benzene rings is 2. The molecule has 0 spiro atoms. The van der Waals surface area contributed by atoms with Crippen LogP contribution in [0.25, 0.3) is 6.08 Å². The zero-order valence-corrected chi connectivity index (χ0v) is 12.0. The van der Waals surface area contributed by atoms with Gasteiger partial charge in [0.05, 0.1) is 5.56 Å². The number of nitrogens with zero attached hydrogens (tertiary/aromatic N) is 1. The van der Waals surface area contributed by atoms with Crippen LogP contribution in [-0.4, -0.2) is 11.9 Å². The highest BCUT2D eigenvalue weighted by atomic mass is 19.4. The minimum Gasteiger partial charge on any atom is -0.402 e. The fourth-order valence-electron chi connectivity index (χ4n) is 2.12. The molecule has 0 saturated heterocycles. The van der Waals surface area contributed by atoms with E-state index in [2.05, 4.69) is 4.99 Å². The van der Waals surface area contributed by atoms with Gasteiger partial charge in [-0.25, -0.2) is 14.2 Å². The molecule has 0 amide bonds. The van der Waals surface area contributed by atoms with Gasteiger partial charge in [0.15, 0.2) is 5.70 Å². The van der Waals surface area contributed by atoms with Crippen molar-refractivity contribution in [3.63, 3.8) is 0 Å². The molecule has 24 heavy (non-hydrogen) atoms. The Morgan fingerprint density at radius 3 is 2.42 bits per heavy atom. The standard InChI is InChI=1S/C17H9F4NO2/c18-13-7-6-10(8-12(13)17(19,20)21)9-14-16(23)24-15(22-14)11-4-2-1-3-5-11/h1-9H. The minimum absolute atomic E-state index is 0.00580. The molecule has 1 aliphatic rings. The molecular formula is C17H9F4NO2. The van der Waals surface area contributed by atoms with Gasteiger partial charge in [-0.05, 0) is 35.9 Å². The maximum atomic E-state index is 13.3. The monoisotopic (exact) mass is 335 g/mol. The van der Waals surface area contributed by atoms with Crippen molar-refractivity contribution in [2.45, 2.75) is 6.18 Å². The van der Waals surface area contributed by atoms with E-state index in [1.807, 2.05) is 0 Å². The first-order valence-corrected chi connectivity index (χ1v) is 6.79. The van der Waals surface area contributed by atoms with Gasteiger partial charge >= 0.3 is 12.1 Å². The smallest absolute Gasteiger partial charge is 0.402 e. The summed E-state index contributed by atoms with van der Waals surface area (Å²) in [6.07, 6.45) is -3.71. The van der Waals surface area contributed by atoms with E-state index in [0.717, 1.165) is 12.1 Å². The number of alkyl halides is 3. The van der Waals surface area contributed by atoms with E-state index in [1.54, 1.807) is 30.3 Å². The van der Waals surface area contributed by atoms with Crippen LogP contribution in [0.3, 0.4) is 0 Å². The van der Waals surface area contributed by atoms with Crippen LogP contribution in [-0.2, 0) is 15.7 Å². The predicted octanol–water partition coefficient (Wildman–Crippen LogP) is 4.19. The van der Waals surface area contributed by atoms with Crippen molar-refractivity contribution in [3.8, 4) is 0 Å². The van der Waals surface area contributed by atoms with Crippen molar-refractivity contribution < 1.29 is 27.1 Å². The summed E-state index contributed by atoms with van der Waals surface area (Å²) in [5, 5.41) is 0. The summed E-state index contributed by atoms with van der Waals surface area (Å²) in [6, 6.07) is 11.0. The molecule has 0 saturated carbocycles. The number of halogens is 4. The molecule has 0 aliphatic carbocycles. The number of rotatable bonds is 2. The van der Waals surface area contributed by atoms with Gasteiger partial charge < -0.3 is 4.74 Å². The van der Waals surface area contributed by atoms with E-state index >= 15 is 0 Å². The van der Waals surface area contributed by atoms with Crippen LogP contribution in [0.4, 0.5) is 17.6 Å². The van der Waals surface area contributed by atoms with Gasteiger partial charge in [-0.2, -0.15) is 13.2 Å². The molecule has 0 radical (unpaired) electrons. The van der Waals surface area contributed by atoms with Gasteiger partial charge in [0.25, 0.3) is 0 Å². The topological polar surface area (TPSA) is 38.7 Å². The predicted molar refractivity (Wildman–Crippen MR) is 78.5 cm³/mol. The Labute approximate surface area is 133 Å². The fraction of sp³-hybridized carbons (Fsp3) is 0.0588. The molecule has 2 aromatic carbocycles. The first-order chi connectivity index (χ1) is 11.3. The number of carbonyl (C=O) groups is 1. The van der Waals surface area contributed by atoms with Crippen molar-refractivity contribution >= 4 is 17.9 Å². The summed E-state index contributed by atoms with van der Waals surface area (Å²) in [6.45, 7) is 0. The van der Waals surface area contributed by atoms with Crippen LogP contribution < -0.4 is 0 Å². The molecule has 0 fully saturated rings. The van der Waals surface area contributed by atoms with Crippen molar-refractivity contribution in [1.29, 1.82) is 0 Å². The molecule has 0 N–H and O–H groups in total. The second kappa shape index (κ2) is 5.92. The summed E-state index contributed by atoms with van der Waals surface area (Å²) in [5.74, 6) is -2.11. The van der Waals surface area contributed by atoms with E-state index in [0.29, 0.717) is 17.7 Å². The molecule has 0 bridgehead atoms. The van der Waals surface area contributed by atoms with E-state index in [1.165, 1.54) is 0 Å². The molecule has 0 unspecified atom stereocenters. The molecule has 3 nitrogen and oxygen atoms in total. The highest BCUT2D eigenvalue weighted by Gasteiger charge is 2.34. The third-order valence-corrected chi connectivity index (χ3v) is 3.24. The van der Waals surface area contributed by atoms with Crippen LogP contribution >= 0.6 is 0 Å². The average molecular weight is 335 g/mol. The normalized spacial score (nSPS) is 16.2. The van der Waals surface area contributed by atoms with Gasteiger partial charge in [0.1, 0.15) is 5.82 Å². The Morgan fingerprint density at radius 2 is 1.75 bits per heavy atom. The average Bonchev–Trinajstić information content (AvgIpc) is 2.90. The van der Waals surface area contributed by atoms with Gasteiger partial charge in [0.2, 0.25) is 5.90 Å². The van der Waals surface area contributed by atoms with Gasteiger partial charge in [-0.1, -0.05) is 24.3 Å². The Morgan fingerprint density at radius 1 is 1.04 bits per heavy atom. The lowest BCUT2D eigenvalue weighted by atomic mass is 10.1. The lowest BCUT2D eigenvalue weighted by Crippen LogP contribution is -2.08. The largest absolute Gasteiger partial charge is 0.419 e. The molecule has 0 aromatic heterocycles. The second-order valence-corrected chi connectivity index (χ2v) is 4.94. The number of hydrogen-bond acceptors (Lipinski definition) is 3. The molecule has 122 valence electrons. The molecule has 2 aromatic rings. The lowest BCUT2D eigenvalue weighted by molar-refractivity contribution is -0.140. The summed E-state index contributed by atoms with van der Waals surface area (Å²) in [5.41, 5.74) is -1.01. The summed E-state index contributed by atoms with van der Waals surface area (Å²) >= 11 is 0. The number of carbonyl (C=O) groups excluding carboxylic acids is 1. The van der Waals surface area contributed by atoms with Crippen LogP contribution in [0, 0.1) is 5.82 Å². The lowest BCUT2D eigenvalue weighted by Gasteiger charge is -2.08. The summed E-state index contributed by atoms with van der Waals surface area (Å²) in [4.78, 5) is 15.8. The van der Waals surface area contributed by atoms with E-state index in [-0.39, 0.29) is 17.2 Å². The highest BCUT2D eigenvalue weighted by Crippen LogP contribution is 2.32. The van der Waals surface area contributed by atoms with E-state index < -0.39 is 23.5 Å². The Hall–Kier alpha value is -2.96. The van der Waals surface area contributed by atoms with Crippen molar-refractivity contribution in [2.24, 2.45) is 4.99 Å². The number of ether oxygens (including phenoxy) is 1. The zero-order chi connectivity index (χ0) is 17.3.